The molecule has 1 aliphatic heterocycles. The van der Waals surface area contributed by atoms with Crippen LogP contribution in [-0.2, 0) is 0 Å². The zero-order valence-corrected chi connectivity index (χ0v) is 10.3. The third kappa shape index (κ3) is 2.94. The Balaban J connectivity index is 1.58. The highest BCUT2D eigenvalue weighted by molar-refractivity contribution is 5.28. The monoisotopic (exact) mass is 232 g/mol. The van der Waals surface area contributed by atoms with Crippen LogP contribution in [0.1, 0.15) is 19.3 Å². The van der Waals surface area contributed by atoms with E-state index >= 15 is 0 Å². The van der Waals surface area contributed by atoms with Gasteiger partial charge in [0.2, 0.25) is 5.95 Å². The molecule has 0 unspecified atom stereocenters. The number of hydrogen-bond donors (Lipinski definition) is 0. The first-order valence-corrected chi connectivity index (χ1v) is 6.66. The van der Waals surface area contributed by atoms with Crippen molar-refractivity contribution < 1.29 is 0 Å². The highest BCUT2D eigenvalue weighted by Crippen LogP contribution is 2.30. The molecule has 1 aliphatic carbocycles. The summed E-state index contributed by atoms with van der Waals surface area (Å²) in [5, 5.41) is 0. The van der Waals surface area contributed by atoms with Gasteiger partial charge in [0.05, 0.1) is 0 Å². The molecule has 0 bridgehead atoms. The molecule has 0 N–H and O–H groups in total. The first-order chi connectivity index (χ1) is 8.42. The maximum atomic E-state index is 4.34. The van der Waals surface area contributed by atoms with Crippen molar-refractivity contribution in [2.24, 2.45) is 5.92 Å². The molecule has 2 aliphatic rings. The van der Waals surface area contributed by atoms with Crippen molar-refractivity contribution in [3.05, 3.63) is 18.5 Å². The highest BCUT2D eigenvalue weighted by Gasteiger charge is 2.25. The van der Waals surface area contributed by atoms with E-state index in [0.29, 0.717) is 0 Å². The fourth-order valence-corrected chi connectivity index (χ4v) is 2.47. The van der Waals surface area contributed by atoms with Crippen molar-refractivity contribution >= 4 is 5.95 Å². The molecule has 4 heteroatoms. The Morgan fingerprint density at radius 1 is 1.06 bits per heavy atom. The molecule has 2 fully saturated rings. The van der Waals surface area contributed by atoms with Gasteiger partial charge in [-0.15, -0.1) is 0 Å². The van der Waals surface area contributed by atoms with Gasteiger partial charge in [-0.2, -0.15) is 0 Å². The van der Waals surface area contributed by atoms with Gasteiger partial charge in [-0.25, -0.2) is 9.97 Å². The zero-order chi connectivity index (χ0) is 11.5. The maximum absolute atomic E-state index is 4.34. The number of anilines is 1. The molecule has 17 heavy (non-hydrogen) atoms. The molecule has 1 saturated heterocycles. The smallest absolute Gasteiger partial charge is 0.225 e. The van der Waals surface area contributed by atoms with E-state index in [4.69, 9.17) is 0 Å². The second-order valence-electron chi connectivity index (χ2n) is 5.13. The van der Waals surface area contributed by atoms with Gasteiger partial charge in [-0.3, -0.25) is 0 Å². The topological polar surface area (TPSA) is 32.3 Å². The molecule has 0 amide bonds. The molecule has 0 aromatic carbocycles. The third-order valence-electron chi connectivity index (χ3n) is 3.64. The number of hydrogen-bond acceptors (Lipinski definition) is 4. The predicted octanol–water partition coefficient (Wildman–Crippen LogP) is 1.40. The Morgan fingerprint density at radius 2 is 1.88 bits per heavy atom. The first kappa shape index (κ1) is 11.0. The van der Waals surface area contributed by atoms with Crippen LogP contribution in [-0.4, -0.2) is 47.6 Å². The summed E-state index contributed by atoms with van der Waals surface area (Å²) in [5.74, 6) is 1.88. The summed E-state index contributed by atoms with van der Waals surface area (Å²) >= 11 is 0. The molecule has 1 saturated carbocycles. The summed E-state index contributed by atoms with van der Waals surface area (Å²) in [6, 6.07) is 1.88. The molecule has 4 nitrogen and oxygen atoms in total. The van der Waals surface area contributed by atoms with Gasteiger partial charge in [0.15, 0.2) is 0 Å². The summed E-state index contributed by atoms with van der Waals surface area (Å²) in [6.07, 6.45) is 7.78. The molecule has 2 heterocycles. The Bertz CT molecular complexity index is 350. The van der Waals surface area contributed by atoms with Gasteiger partial charge in [-0.05, 0) is 37.8 Å². The summed E-state index contributed by atoms with van der Waals surface area (Å²) in [4.78, 5) is 13.6. The van der Waals surface area contributed by atoms with Gasteiger partial charge in [0.1, 0.15) is 0 Å². The largest absolute Gasteiger partial charge is 0.339 e. The van der Waals surface area contributed by atoms with Gasteiger partial charge in [0.25, 0.3) is 0 Å². The van der Waals surface area contributed by atoms with Gasteiger partial charge in [-0.1, -0.05) is 0 Å². The van der Waals surface area contributed by atoms with Crippen LogP contribution >= 0.6 is 0 Å². The number of nitrogens with zero attached hydrogens (tertiary/aromatic N) is 4. The number of rotatable bonds is 3. The normalized spacial score (nSPS) is 22.5. The standard InChI is InChI=1S/C13H20N4/c1-5-14-13(15-6-1)17-8-2-7-16(9-10-17)11-12-3-4-12/h1,5-6,12H,2-4,7-11H2. The third-order valence-corrected chi connectivity index (χ3v) is 3.64. The van der Waals surface area contributed by atoms with E-state index in [2.05, 4.69) is 19.8 Å². The van der Waals surface area contributed by atoms with E-state index < -0.39 is 0 Å². The lowest BCUT2D eigenvalue weighted by molar-refractivity contribution is 0.281. The van der Waals surface area contributed by atoms with Crippen molar-refractivity contribution in [2.75, 3.05) is 37.6 Å². The Labute approximate surface area is 103 Å². The average molecular weight is 232 g/mol. The van der Waals surface area contributed by atoms with Crippen LogP contribution in [0.15, 0.2) is 18.5 Å². The second-order valence-corrected chi connectivity index (χ2v) is 5.13. The fourth-order valence-electron chi connectivity index (χ4n) is 2.47. The molecule has 3 rings (SSSR count). The average Bonchev–Trinajstić information content (AvgIpc) is 3.18. The molecule has 0 atom stereocenters. The van der Waals surface area contributed by atoms with Crippen molar-refractivity contribution in [1.82, 2.24) is 14.9 Å². The van der Waals surface area contributed by atoms with Crippen LogP contribution in [0, 0.1) is 5.92 Å². The van der Waals surface area contributed by atoms with Crippen LogP contribution in [0.4, 0.5) is 5.95 Å². The summed E-state index contributed by atoms with van der Waals surface area (Å²) in [6.45, 7) is 5.86. The van der Waals surface area contributed by atoms with Crippen LogP contribution in [0.25, 0.3) is 0 Å². The van der Waals surface area contributed by atoms with E-state index in [1.54, 1.807) is 0 Å². The molecular formula is C13H20N4. The Hall–Kier alpha value is -1.16. The summed E-state index contributed by atoms with van der Waals surface area (Å²) in [7, 11) is 0. The van der Waals surface area contributed by atoms with Crippen molar-refractivity contribution in [2.45, 2.75) is 19.3 Å². The lowest BCUT2D eigenvalue weighted by Gasteiger charge is -2.21. The fraction of sp³-hybridized carbons (Fsp3) is 0.692. The van der Waals surface area contributed by atoms with E-state index in [0.717, 1.165) is 31.5 Å². The lowest BCUT2D eigenvalue weighted by atomic mass is 10.3. The lowest BCUT2D eigenvalue weighted by Crippen LogP contribution is -2.32. The van der Waals surface area contributed by atoms with Gasteiger partial charge < -0.3 is 9.80 Å². The second kappa shape index (κ2) is 5.00. The van der Waals surface area contributed by atoms with Gasteiger partial charge >= 0.3 is 0 Å². The minimum absolute atomic E-state index is 0.890. The summed E-state index contributed by atoms with van der Waals surface area (Å²) < 4.78 is 0. The molecule has 0 spiro atoms. The Morgan fingerprint density at radius 3 is 2.65 bits per heavy atom. The predicted molar refractivity (Wildman–Crippen MR) is 68.0 cm³/mol. The van der Waals surface area contributed by atoms with E-state index in [1.807, 2.05) is 18.5 Å². The molecule has 1 aromatic rings. The molecule has 1 aromatic heterocycles. The van der Waals surface area contributed by atoms with Crippen LogP contribution < -0.4 is 4.90 Å². The van der Waals surface area contributed by atoms with Crippen molar-refractivity contribution in [3.8, 4) is 0 Å². The van der Waals surface area contributed by atoms with E-state index in [1.165, 1.54) is 32.4 Å². The quantitative estimate of drug-likeness (QED) is 0.788. The van der Waals surface area contributed by atoms with Gasteiger partial charge in [0, 0.05) is 38.6 Å². The van der Waals surface area contributed by atoms with Crippen LogP contribution in [0.5, 0.6) is 0 Å². The molecular weight excluding hydrogens is 212 g/mol. The van der Waals surface area contributed by atoms with Crippen LogP contribution in [0.2, 0.25) is 0 Å². The van der Waals surface area contributed by atoms with Crippen molar-refractivity contribution in [1.29, 1.82) is 0 Å². The minimum atomic E-state index is 0.890. The molecule has 0 radical (unpaired) electrons. The highest BCUT2D eigenvalue weighted by atomic mass is 15.3. The summed E-state index contributed by atoms with van der Waals surface area (Å²) in [5.41, 5.74) is 0. The SMILES string of the molecule is c1cnc(N2CCCN(CC3CC3)CC2)nc1. The Kier molecular flexibility index (Phi) is 3.22. The number of aromatic nitrogens is 2. The zero-order valence-electron chi connectivity index (χ0n) is 10.3. The minimum Gasteiger partial charge on any atom is -0.339 e. The van der Waals surface area contributed by atoms with E-state index in [-0.39, 0.29) is 0 Å². The van der Waals surface area contributed by atoms with Crippen molar-refractivity contribution in [3.63, 3.8) is 0 Å². The molecule has 92 valence electrons. The maximum Gasteiger partial charge on any atom is 0.225 e. The van der Waals surface area contributed by atoms with E-state index in [9.17, 15) is 0 Å². The first-order valence-electron chi connectivity index (χ1n) is 6.66. The van der Waals surface area contributed by atoms with Crippen LogP contribution in [0.3, 0.4) is 0 Å².